The highest BCUT2D eigenvalue weighted by Crippen LogP contribution is 2.23. The van der Waals surface area contributed by atoms with Gasteiger partial charge >= 0.3 is 0 Å². The highest BCUT2D eigenvalue weighted by atomic mass is 35.5. The Morgan fingerprint density at radius 1 is 1.18 bits per heavy atom. The molecule has 0 heterocycles. The van der Waals surface area contributed by atoms with Crippen LogP contribution in [0.1, 0.15) is 6.92 Å². The number of hydrogen-bond donors (Lipinski definition) is 2. The first-order valence-electron chi connectivity index (χ1n) is 5.10. The van der Waals surface area contributed by atoms with Gasteiger partial charge in [-0.3, -0.25) is 4.72 Å². The molecule has 0 unspecified atom stereocenters. The Hall–Kier alpha value is -0.490. The third kappa shape index (κ3) is 5.59. The highest BCUT2D eigenvalue weighted by molar-refractivity contribution is 7.92. The lowest BCUT2D eigenvalue weighted by atomic mass is 10.3. The van der Waals surface area contributed by atoms with E-state index in [0.29, 0.717) is 22.3 Å². The van der Waals surface area contributed by atoms with Crippen LogP contribution in [-0.4, -0.2) is 27.3 Å². The minimum absolute atomic E-state index is 0.00493. The lowest BCUT2D eigenvalue weighted by molar-refractivity contribution is 0.597. The molecule has 0 amide bonds. The molecule has 1 rings (SSSR count). The second-order valence-electron chi connectivity index (χ2n) is 3.43. The van der Waals surface area contributed by atoms with Crippen LogP contribution < -0.4 is 10.0 Å². The number of benzene rings is 1. The van der Waals surface area contributed by atoms with Crippen molar-refractivity contribution in [1.82, 2.24) is 5.32 Å². The normalized spacial score (nSPS) is 11.5. The van der Waals surface area contributed by atoms with Gasteiger partial charge in [-0.25, -0.2) is 8.42 Å². The molecule has 0 radical (unpaired) electrons. The minimum atomic E-state index is -3.37. The predicted octanol–water partition coefficient (Wildman–Crippen LogP) is 2.34. The molecular weight excluding hydrogens is 283 g/mol. The number of nitrogens with one attached hydrogen (secondary N) is 2. The molecule has 4 nitrogen and oxygen atoms in total. The molecule has 0 spiro atoms. The van der Waals surface area contributed by atoms with E-state index in [1.54, 1.807) is 6.07 Å². The van der Waals surface area contributed by atoms with Gasteiger partial charge in [0, 0.05) is 16.6 Å². The fourth-order valence-corrected chi connectivity index (χ4v) is 2.74. The SMILES string of the molecule is CCNCCS(=O)(=O)Nc1cc(Cl)cc(Cl)c1. The molecule has 0 fully saturated rings. The molecule has 17 heavy (non-hydrogen) atoms. The van der Waals surface area contributed by atoms with E-state index >= 15 is 0 Å². The van der Waals surface area contributed by atoms with Crippen LogP contribution in [0.25, 0.3) is 0 Å². The monoisotopic (exact) mass is 296 g/mol. The molecule has 96 valence electrons. The minimum Gasteiger partial charge on any atom is -0.316 e. The predicted molar refractivity (Wildman–Crippen MR) is 72.4 cm³/mol. The second kappa shape index (κ2) is 6.44. The Balaban J connectivity index is 2.69. The number of rotatable bonds is 6. The van der Waals surface area contributed by atoms with Crippen molar-refractivity contribution in [2.24, 2.45) is 0 Å². The maximum Gasteiger partial charge on any atom is 0.233 e. The fourth-order valence-electron chi connectivity index (χ4n) is 1.23. The molecular formula is C10H14Cl2N2O2S. The van der Waals surface area contributed by atoms with Gasteiger partial charge in [0.05, 0.1) is 11.4 Å². The summed E-state index contributed by atoms with van der Waals surface area (Å²) >= 11 is 11.5. The van der Waals surface area contributed by atoms with E-state index in [9.17, 15) is 8.42 Å². The lowest BCUT2D eigenvalue weighted by Gasteiger charge is -2.09. The van der Waals surface area contributed by atoms with Gasteiger partial charge < -0.3 is 5.32 Å². The van der Waals surface area contributed by atoms with Crippen molar-refractivity contribution in [3.63, 3.8) is 0 Å². The maximum absolute atomic E-state index is 11.7. The van der Waals surface area contributed by atoms with E-state index < -0.39 is 10.0 Å². The van der Waals surface area contributed by atoms with Crippen LogP contribution in [0.4, 0.5) is 5.69 Å². The molecule has 0 aliphatic rings. The van der Waals surface area contributed by atoms with Gasteiger partial charge in [0.1, 0.15) is 0 Å². The van der Waals surface area contributed by atoms with Crippen LogP contribution >= 0.6 is 23.2 Å². The summed E-state index contributed by atoms with van der Waals surface area (Å²) in [6, 6.07) is 4.57. The third-order valence-corrected chi connectivity index (χ3v) is 3.66. The van der Waals surface area contributed by atoms with Gasteiger partial charge in [-0.1, -0.05) is 30.1 Å². The molecule has 1 aromatic carbocycles. The first-order valence-corrected chi connectivity index (χ1v) is 7.51. The molecule has 0 atom stereocenters. The average molecular weight is 297 g/mol. The summed E-state index contributed by atoms with van der Waals surface area (Å²) in [5, 5.41) is 3.72. The van der Waals surface area contributed by atoms with Crippen LogP contribution in [-0.2, 0) is 10.0 Å². The van der Waals surface area contributed by atoms with E-state index in [1.807, 2.05) is 6.92 Å². The Kier molecular flexibility index (Phi) is 5.52. The van der Waals surface area contributed by atoms with Crippen molar-refractivity contribution in [2.75, 3.05) is 23.6 Å². The molecule has 0 aromatic heterocycles. The summed E-state index contributed by atoms with van der Waals surface area (Å²) in [7, 11) is -3.37. The Morgan fingerprint density at radius 3 is 2.29 bits per heavy atom. The zero-order valence-electron chi connectivity index (χ0n) is 9.33. The third-order valence-electron chi connectivity index (χ3n) is 1.93. The summed E-state index contributed by atoms with van der Waals surface area (Å²) in [5.41, 5.74) is 0.374. The van der Waals surface area contributed by atoms with Crippen LogP contribution in [0.3, 0.4) is 0 Å². The lowest BCUT2D eigenvalue weighted by Crippen LogP contribution is -2.26. The summed E-state index contributed by atoms with van der Waals surface area (Å²) in [4.78, 5) is 0. The van der Waals surface area contributed by atoms with E-state index in [0.717, 1.165) is 6.54 Å². The molecule has 0 aliphatic carbocycles. The number of sulfonamides is 1. The molecule has 0 saturated heterocycles. The van der Waals surface area contributed by atoms with Crippen LogP contribution in [0.2, 0.25) is 10.0 Å². The zero-order valence-corrected chi connectivity index (χ0v) is 11.7. The number of halogens is 2. The zero-order chi connectivity index (χ0) is 12.9. The summed E-state index contributed by atoms with van der Waals surface area (Å²) in [5.74, 6) is 0.00493. The quantitative estimate of drug-likeness (QED) is 0.792. The smallest absolute Gasteiger partial charge is 0.233 e. The van der Waals surface area contributed by atoms with E-state index in [1.165, 1.54) is 12.1 Å². The Labute approximate surface area is 111 Å². The van der Waals surface area contributed by atoms with Crippen LogP contribution in [0.5, 0.6) is 0 Å². The first-order chi connectivity index (χ1) is 7.93. The first kappa shape index (κ1) is 14.6. The van der Waals surface area contributed by atoms with E-state index in [2.05, 4.69) is 10.0 Å². The topological polar surface area (TPSA) is 58.2 Å². The molecule has 0 aliphatic heterocycles. The van der Waals surface area contributed by atoms with Crippen molar-refractivity contribution >= 4 is 38.9 Å². The van der Waals surface area contributed by atoms with Crippen molar-refractivity contribution in [1.29, 1.82) is 0 Å². The Bertz CT molecular complexity index is 457. The van der Waals surface area contributed by atoms with Gasteiger partial charge in [-0.05, 0) is 24.7 Å². The van der Waals surface area contributed by atoms with Crippen LogP contribution in [0.15, 0.2) is 18.2 Å². The number of hydrogen-bond acceptors (Lipinski definition) is 3. The average Bonchev–Trinajstić information content (AvgIpc) is 2.14. The number of anilines is 1. The fraction of sp³-hybridized carbons (Fsp3) is 0.400. The largest absolute Gasteiger partial charge is 0.316 e. The molecule has 2 N–H and O–H groups in total. The van der Waals surface area contributed by atoms with Gasteiger partial charge in [0.2, 0.25) is 10.0 Å². The van der Waals surface area contributed by atoms with Gasteiger partial charge in [-0.15, -0.1) is 0 Å². The molecule has 0 saturated carbocycles. The van der Waals surface area contributed by atoms with Gasteiger partial charge in [0.25, 0.3) is 0 Å². The second-order valence-corrected chi connectivity index (χ2v) is 6.15. The van der Waals surface area contributed by atoms with Crippen molar-refractivity contribution < 1.29 is 8.42 Å². The Morgan fingerprint density at radius 2 is 1.76 bits per heavy atom. The van der Waals surface area contributed by atoms with E-state index in [-0.39, 0.29) is 5.75 Å². The van der Waals surface area contributed by atoms with Gasteiger partial charge in [-0.2, -0.15) is 0 Å². The van der Waals surface area contributed by atoms with Crippen molar-refractivity contribution in [2.45, 2.75) is 6.92 Å². The molecule has 7 heteroatoms. The maximum atomic E-state index is 11.7. The van der Waals surface area contributed by atoms with Gasteiger partial charge in [0.15, 0.2) is 0 Å². The summed E-state index contributed by atoms with van der Waals surface area (Å²) in [6.45, 7) is 3.05. The van der Waals surface area contributed by atoms with Crippen molar-refractivity contribution in [3.05, 3.63) is 28.2 Å². The summed E-state index contributed by atoms with van der Waals surface area (Å²) < 4.78 is 25.7. The van der Waals surface area contributed by atoms with Crippen LogP contribution in [0, 0.1) is 0 Å². The standard InChI is InChI=1S/C10H14Cl2N2O2S/c1-2-13-3-4-17(15,16)14-10-6-8(11)5-9(12)7-10/h5-7,13-14H,2-4H2,1H3. The summed E-state index contributed by atoms with van der Waals surface area (Å²) in [6.07, 6.45) is 0. The molecule has 0 bridgehead atoms. The molecule has 1 aromatic rings. The van der Waals surface area contributed by atoms with E-state index in [4.69, 9.17) is 23.2 Å². The van der Waals surface area contributed by atoms with Crippen molar-refractivity contribution in [3.8, 4) is 0 Å². The highest BCUT2D eigenvalue weighted by Gasteiger charge is 2.10.